The van der Waals surface area contributed by atoms with Crippen LogP contribution in [0.1, 0.15) is 0 Å². The molecule has 7 heavy (non-hydrogen) atoms. The molecule has 0 spiro atoms. The molecule has 44 valence electrons. The maximum absolute atomic E-state index is 9.92. The van der Waals surface area contributed by atoms with Gasteiger partial charge in [-0.2, -0.15) is 0 Å². The summed E-state index contributed by atoms with van der Waals surface area (Å²) in [6.07, 6.45) is 0. The van der Waals surface area contributed by atoms with Crippen LogP contribution in [0.25, 0.3) is 0 Å². The zero-order valence-electron chi connectivity index (χ0n) is 4.13. The minimum absolute atomic E-state index is 0. The summed E-state index contributed by atoms with van der Waals surface area (Å²) in [5, 5.41) is 0. The average Bonchev–Trinajstić information content (AvgIpc) is 1.65. The normalized spacial score (nSPS) is 8.43. The molecule has 0 aliphatic carbocycles. The SMILES string of the molecule is CO[PH](=O)OC.[Mo]. The molecule has 0 fully saturated rings. The first-order chi connectivity index (χ1) is 2.81. The molecule has 0 radical (unpaired) electrons. The van der Waals surface area contributed by atoms with E-state index >= 15 is 0 Å². The van der Waals surface area contributed by atoms with Crippen molar-refractivity contribution in [1.29, 1.82) is 0 Å². The van der Waals surface area contributed by atoms with Gasteiger partial charge in [-0.25, -0.2) is 0 Å². The molecule has 0 saturated carbocycles. The predicted molar refractivity (Wildman–Crippen MR) is 23.0 cm³/mol. The summed E-state index contributed by atoms with van der Waals surface area (Å²) < 4.78 is 18.4. The molecule has 0 heterocycles. The van der Waals surface area contributed by atoms with Crippen molar-refractivity contribution in [3.05, 3.63) is 0 Å². The van der Waals surface area contributed by atoms with Crippen LogP contribution in [0.15, 0.2) is 0 Å². The van der Waals surface area contributed by atoms with Gasteiger partial charge in [0.05, 0.1) is 0 Å². The van der Waals surface area contributed by atoms with E-state index < -0.39 is 8.25 Å². The minimum Gasteiger partial charge on any atom is -0.314 e. The van der Waals surface area contributed by atoms with Gasteiger partial charge in [0, 0.05) is 35.3 Å². The Morgan fingerprint density at radius 2 is 1.57 bits per heavy atom. The molecule has 0 amide bonds. The molecule has 3 nitrogen and oxygen atoms in total. The Labute approximate surface area is 57.6 Å². The fourth-order valence-electron chi connectivity index (χ4n) is 0.0833. The van der Waals surface area contributed by atoms with E-state index in [-0.39, 0.29) is 21.1 Å². The average molecular weight is 206 g/mol. The first-order valence-corrected chi connectivity index (χ1v) is 2.65. The summed E-state index contributed by atoms with van der Waals surface area (Å²) in [6, 6.07) is 0. The molecule has 0 aliphatic rings. The monoisotopic (exact) mass is 208 g/mol. The summed E-state index contributed by atoms with van der Waals surface area (Å²) in [4.78, 5) is 0. The molecular formula is C2H7MoO3P. The second-order valence-electron chi connectivity index (χ2n) is 0.658. The van der Waals surface area contributed by atoms with E-state index in [2.05, 4.69) is 9.05 Å². The van der Waals surface area contributed by atoms with Crippen LogP contribution in [-0.2, 0) is 34.7 Å². The summed E-state index contributed by atoms with van der Waals surface area (Å²) in [5.41, 5.74) is 0. The standard InChI is InChI=1S/C2H7O3P.Mo/c1-4-6(3)5-2;/h6H,1-2H3;. The van der Waals surface area contributed by atoms with Crippen molar-refractivity contribution < 1.29 is 34.7 Å². The minimum atomic E-state index is -2.12. The zero-order chi connectivity index (χ0) is 4.99. The fourth-order valence-corrected chi connectivity index (χ4v) is 0.250. The van der Waals surface area contributed by atoms with E-state index in [1.54, 1.807) is 0 Å². The molecule has 0 N–H and O–H groups in total. The molecule has 0 atom stereocenters. The van der Waals surface area contributed by atoms with Gasteiger partial charge in [-0.15, -0.1) is 0 Å². The van der Waals surface area contributed by atoms with Crippen molar-refractivity contribution in [2.75, 3.05) is 14.2 Å². The van der Waals surface area contributed by atoms with E-state index in [0.29, 0.717) is 0 Å². The number of hydrogen-bond acceptors (Lipinski definition) is 3. The Morgan fingerprint density at radius 1 is 1.29 bits per heavy atom. The van der Waals surface area contributed by atoms with E-state index in [4.69, 9.17) is 0 Å². The van der Waals surface area contributed by atoms with Crippen LogP contribution in [0.5, 0.6) is 0 Å². The maximum atomic E-state index is 9.92. The van der Waals surface area contributed by atoms with Crippen molar-refractivity contribution in [2.24, 2.45) is 0 Å². The zero-order valence-corrected chi connectivity index (χ0v) is 7.14. The van der Waals surface area contributed by atoms with Crippen LogP contribution in [0.2, 0.25) is 0 Å². The Kier molecular flexibility index (Phi) is 10.5. The molecule has 0 unspecified atom stereocenters. The second kappa shape index (κ2) is 6.84. The Morgan fingerprint density at radius 3 is 1.57 bits per heavy atom. The Balaban J connectivity index is 0. The molecule has 0 aliphatic heterocycles. The molecule has 0 rings (SSSR count). The van der Waals surface area contributed by atoms with Crippen molar-refractivity contribution in [3.63, 3.8) is 0 Å². The smallest absolute Gasteiger partial charge is 0.314 e. The van der Waals surface area contributed by atoms with Gasteiger partial charge in [0.25, 0.3) is 0 Å². The van der Waals surface area contributed by atoms with Crippen LogP contribution in [0, 0.1) is 0 Å². The second-order valence-corrected chi connectivity index (χ2v) is 1.97. The van der Waals surface area contributed by atoms with Gasteiger partial charge in [0.2, 0.25) is 0 Å². The molecular weight excluding hydrogens is 199 g/mol. The molecule has 0 saturated heterocycles. The van der Waals surface area contributed by atoms with Gasteiger partial charge in [-0.3, -0.25) is 4.57 Å². The van der Waals surface area contributed by atoms with Gasteiger partial charge in [-0.1, -0.05) is 0 Å². The Bertz CT molecular complexity index is 50.9. The molecule has 5 heteroatoms. The largest absolute Gasteiger partial charge is 0.318 e. The van der Waals surface area contributed by atoms with Crippen molar-refractivity contribution in [1.82, 2.24) is 0 Å². The third kappa shape index (κ3) is 6.84. The van der Waals surface area contributed by atoms with Crippen LogP contribution in [0.4, 0.5) is 0 Å². The topological polar surface area (TPSA) is 35.5 Å². The summed E-state index contributed by atoms with van der Waals surface area (Å²) >= 11 is 0. The molecule has 0 aromatic heterocycles. The van der Waals surface area contributed by atoms with Gasteiger partial charge < -0.3 is 9.05 Å². The van der Waals surface area contributed by atoms with Gasteiger partial charge in [-0.05, 0) is 0 Å². The number of rotatable bonds is 2. The number of hydrogen-bond donors (Lipinski definition) is 0. The third-order valence-corrected chi connectivity index (χ3v) is 1.00. The van der Waals surface area contributed by atoms with E-state index in [0.717, 1.165) is 0 Å². The molecule has 0 aromatic carbocycles. The van der Waals surface area contributed by atoms with Crippen LogP contribution >= 0.6 is 8.25 Å². The van der Waals surface area contributed by atoms with Crippen molar-refractivity contribution in [2.45, 2.75) is 0 Å². The quantitative estimate of drug-likeness (QED) is 0.491. The molecule has 0 aromatic rings. The Hall–Kier alpha value is 0.838. The van der Waals surface area contributed by atoms with E-state index in [1.807, 2.05) is 0 Å². The predicted octanol–water partition coefficient (Wildman–Crippen LogP) is 0.666. The summed E-state index contributed by atoms with van der Waals surface area (Å²) in [7, 11) is 0.558. The fraction of sp³-hybridized carbons (Fsp3) is 1.00. The van der Waals surface area contributed by atoms with E-state index in [1.165, 1.54) is 14.2 Å². The van der Waals surface area contributed by atoms with Crippen molar-refractivity contribution in [3.8, 4) is 0 Å². The van der Waals surface area contributed by atoms with Crippen LogP contribution < -0.4 is 0 Å². The van der Waals surface area contributed by atoms with Crippen molar-refractivity contribution >= 4 is 8.25 Å². The summed E-state index contributed by atoms with van der Waals surface area (Å²) in [6.45, 7) is 0. The first kappa shape index (κ1) is 10.8. The van der Waals surface area contributed by atoms with Gasteiger partial charge >= 0.3 is 8.25 Å². The first-order valence-electron chi connectivity index (χ1n) is 1.43. The van der Waals surface area contributed by atoms with E-state index in [9.17, 15) is 4.57 Å². The van der Waals surface area contributed by atoms with Gasteiger partial charge in [0.15, 0.2) is 0 Å². The third-order valence-electron chi connectivity index (χ3n) is 0.333. The maximum Gasteiger partial charge on any atom is 0.318 e. The van der Waals surface area contributed by atoms with Crippen LogP contribution in [-0.4, -0.2) is 14.2 Å². The van der Waals surface area contributed by atoms with Crippen LogP contribution in [0.3, 0.4) is 0 Å². The summed E-state index contributed by atoms with van der Waals surface area (Å²) in [5.74, 6) is 0. The molecule has 0 bridgehead atoms. The van der Waals surface area contributed by atoms with Gasteiger partial charge in [0.1, 0.15) is 0 Å².